The van der Waals surface area contributed by atoms with Crippen molar-refractivity contribution in [2.24, 2.45) is 5.92 Å². The number of fused-ring (bicyclic) bond motifs is 2. The molecule has 0 saturated heterocycles. The number of ether oxygens (including phenoxy) is 2. The molecule has 0 saturated carbocycles. The number of nitrogens with zero attached hydrogens (tertiary/aromatic N) is 1. The molecule has 0 fully saturated rings. The molecule has 7 nitrogen and oxygen atoms in total. The van der Waals surface area contributed by atoms with E-state index in [4.69, 9.17) is 9.47 Å². The number of carbonyl (C=O) groups excluding carboxylic acids is 1. The maximum Gasteiger partial charge on any atom is 0.264 e. The molecule has 0 radical (unpaired) electrons. The van der Waals surface area contributed by atoms with E-state index >= 15 is 0 Å². The molecule has 1 aliphatic heterocycles. The summed E-state index contributed by atoms with van der Waals surface area (Å²) in [4.78, 5) is 12.9. The van der Waals surface area contributed by atoms with Gasteiger partial charge in [0.05, 0.1) is 10.6 Å². The van der Waals surface area contributed by atoms with E-state index in [1.54, 1.807) is 0 Å². The van der Waals surface area contributed by atoms with Crippen LogP contribution in [0.1, 0.15) is 12.5 Å². The Balaban J connectivity index is 1.32. The zero-order valence-electron chi connectivity index (χ0n) is 21.5. The number of nitrogens with one attached hydrogen (secondary N) is 1. The molecular weight excluding hydrogens is 519 g/mol. The summed E-state index contributed by atoms with van der Waals surface area (Å²) >= 11 is 0. The first-order chi connectivity index (χ1) is 18.8. The van der Waals surface area contributed by atoms with E-state index in [2.05, 4.69) is 29.6 Å². The summed E-state index contributed by atoms with van der Waals surface area (Å²) in [6.07, 6.45) is 0.741. The third-order valence-corrected chi connectivity index (χ3v) is 8.35. The van der Waals surface area contributed by atoms with Crippen molar-refractivity contribution in [1.29, 1.82) is 0 Å². The van der Waals surface area contributed by atoms with Crippen LogP contribution in [0.2, 0.25) is 0 Å². The second-order valence-corrected chi connectivity index (χ2v) is 11.4. The van der Waals surface area contributed by atoms with Gasteiger partial charge in [0.25, 0.3) is 10.0 Å². The normalized spacial score (nSPS) is 13.6. The lowest BCUT2D eigenvalue weighted by molar-refractivity contribution is -0.119. The molecule has 39 heavy (non-hydrogen) atoms. The Morgan fingerprint density at radius 2 is 1.69 bits per heavy atom. The maximum atomic E-state index is 14.1. The van der Waals surface area contributed by atoms with E-state index < -0.39 is 28.3 Å². The van der Waals surface area contributed by atoms with Crippen molar-refractivity contribution in [2.45, 2.75) is 18.2 Å². The van der Waals surface area contributed by atoms with Crippen LogP contribution in [0.15, 0.2) is 89.8 Å². The van der Waals surface area contributed by atoms with Crippen LogP contribution in [0.3, 0.4) is 0 Å². The predicted molar refractivity (Wildman–Crippen MR) is 148 cm³/mol. The third kappa shape index (κ3) is 5.98. The van der Waals surface area contributed by atoms with E-state index in [-0.39, 0.29) is 16.5 Å². The molecule has 5 rings (SSSR count). The Morgan fingerprint density at radius 3 is 2.51 bits per heavy atom. The van der Waals surface area contributed by atoms with Crippen LogP contribution in [-0.2, 0) is 21.2 Å². The molecule has 1 N–H and O–H groups in total. The van der Waals surface area contributed by atoms with Gasteiger partial charge in [-0.25, -0.2) is 12.8 Å². The molecule has 0 bridgehead atoms. The minimum Gasteiger partial charge on any atom is -0.486 e. The highest BCUT2D eigenvalue weighted by molar-refractivity contribution is 7.92. The largest absolute Gasteiger partial charge is 0.486 e. The number of halogens is 1. The molecule has 9 heteroatoms. The Labute approximate surface area is 227 Å². The van der Waals surface area contributed by atoms with E-state index in [0.717, 1.165) is 22.2 Å². The summed E-state index contributed by atoms with van der Waals surface area (Å²) in [5, 5.41) is 5.18. The van der Waals surface area contributed by atoms with Gasteiger partial charge in [0.2, 0.25) is 5.91 Å². The third-order valence-electron chi connectivity index (χ3n) is 6.58. The number of hydrogen-bond acceptors (Lipinski definition) is 5. The average molecular weight is 549 g/mol. The number of rotatable bonds is 9. The zero-order chi connectivity index (χ0) is 27.4. The van der Waals surface area contributed by atoms with Crippen LogP contribution < -0.4 is 19.1 Å². The smallest absolute Gasteiger partial charge is 0.264 e. The van der Waals surface area contributed by atoms with E-state index in [1.165, 1.54) is 47.3 Å². The first-order valence-electron chi connectivity index (χ1n) is 12.7. The summed E-state index contributed by atoms with van der Waals surface area (Å²) in [5.74, 6) is -0.274. The summed E-state index contributed by atoms with van der Waals surface area (Å²) in [7, 11) is -4.24. The Morgan fingerprint density at radius 1 is 0.949 bits per heavy atom. The molecule has 0 aliphatic carbocycles. The molecule has 1 aliphatic rings. The van der Waals surface area contributed by atoms with Gasteiger partial charge in [-0.3, -0.25) is 9.10 Å². The van der Waals surface area contributed by atoms with Gasteiger partial charge in [0, 0.05) is 12.6 Å². The standard InChI is InChI=1S/C30H29FN2O5S/c1-21(16-23-8-4-7-22-6-2-3-11-27(22)23)19-32-30(34)20-33(25-10-5-9-24(31)17-25)39(35,36)26-12-13-28-29(18-26)38-15-14-37-28/h2-13,17-18,21H,14-16,19-20H2,1H3,(H,32,34). The fraction of sp³-hybridized carbons (Fsp3) is 0.233. The van der Waals surface area contributed by atoms with Crippen molar-refractivity contribution in [3.05, 3.63) is 96.3 Å². The van der Waals surface area contributed by atoms with Crippen LogP contribution in [0.4, 0.5) is 10.1 Å². The van der Waals surface area contributed by atoms with Crippen LogP contribution in [0.5, 0.6) is 11.5 Å². The molecule has 0 aromatic heterocycles. The first kappa shape index (κ1) is 26.5. The molecule has 4 aromatic rings. The number of anilines is 1. The Kier molecular flexibility index (Phi) is 7.70. The molecular formula is C30H29FN2O5S. The van der Waals surface area contributed by atoms with Gasteiger partial charge in [-0.2, -0.15) is 0 Å². The van der Waals surface area contributed by atoms with Gasteiger partial charge in [-0.15, -0.1) is 0 Å². The van der Waals surface area contributed by atoms with Crippen molar-refractivity contribution in [3.8, 4) is 11.5 Å². The van der Waals surface area contributed by atoms with Gasteiger partial charge >= 0.3 is 0 Å². The summed E-state index contributed by atoms with van der Waals surface area (Å²) in [6, 6.07) is 23.7. The molecule has 0 spiro atoms. The van der Waals surface area contributed by atoms with E-state index in [1.807, 2.05) is 25.1 Å². The first-order valence-corrected chi connectivity index (χ1v) is 14.2. The van der Waals surface area contributed by atoms with E-state index in [9.17, 15) is 17.6 Å². The fourth-order valence-corrected chi connectivity index (χ4v) is 6.08. The monoisotopic (exact) mass is 548 g/mol. The second kappa shape index (κ2) is 11.3. The highest BCUT2D eigenvalue weighted by Gasteiger charge is 2.29. The Bertz CT molecular complexity index is 1600. The minimum atomic E-state index is -4.24. The van der Waals surface area contributed by atoms with Crippen LogP contribution >= 0.6 is 0 Å². The Hall–Kier alpha value is -4.11. The highest BCUT2D eigenvalue weighted by Crippen LogP contribution is 2.34. The molecule has 1 atom stereocenters. The summed E-state index contributed by atoms with van der Waals surface area (Å²) in [5.41, 5.74) is 1.22. The lowest BCUT2D eigenvalue weighted by atomic mass is 9.96. The van der Waals surface area contributed by atoms with Gasteiger partial charge in [-0.05, 0) is 59.0 Å². The lowest BCUT2D eigenvalue weighted by Gasteiger charge is -2.25. The van der Waals surface area contributed by atoms with Gasteiger partial charge in [0.15, 0.2) is 11.5 Å². The zero-order valence-corrected chi connectivity index (χ0v) is 22.3. The van der Waals surface area contributed by atoms with E-state index in [0.29, 0.717) is 31.3 Å². The minimum absolute atomic E-state index is 0.0452. The van der Waals surface area contributed by atoms with Gasteiger partial charge < -0.3 is 14.8 Å². The molecule has 1 unspecified atom stereocenters. The topological polar surface area (TPSA) is 84.9 Å². The molecule has 1 heterocycles. The van der Waals surface area contributed by atoms with Crippen LogP contribution in [0.25, 0.3) is 10.8 Å². The van der Waals surface area contributed by atoms with Crippen molar-refractivity contribution in [3.63, 3.8) is 0 Å². The fourth-order valence-electron chi connectivity index (χ4n) is 4.65. The average Bonchev–Trinajstić information content (AvgIpc) is 2.94. The predicted octanol–water partition coefficient (Wildman–Crippen LogP) is 4.94. The SMILES string of the molecule is CC(CNC(=O)CN(c1cccc(F)c1)S(=O)(=O)c1ccc2c(c1)OCCO2)Cc1cccc2ccccc12. The molecule has 1 amide bonds. The van der Waals surface area contributed by atoms with Crippen molar-refractivity contribution < 1.29 is 27.1 Å². The number of hydrogen-bond donors (Lipinski definition) is 1. The highest BCUT2D eigenvalue weighted by atomic mass is 32.2. The van der Waals surface area contributed by atoms with Gasteiger partial charge in [0.1, 0.15) is 25.6 Å². The molecule has 202 valence electrons. The van der Waals surface area contributed by atoms with Gasteiger partial charge in [-0.1, -0.05) is 55.5 Å². The number of amides is 1. The molecule has 4 aromatic carbocycles. The van der Waals surface area contributed by atoms with Crippen molar-refractivity contribution >= 4 is 32.4 Å². The lowest BCUT2D eigenvalue weighted by Crippen LogP contribution is -2.42. The number of sulfonamides is 1. The number of benzene rings is 4. The van der Waals surface area contributed by atoms with Crippen LogP contribution in [-0.4, -0.2) is 40.6 Å². The van der Waals surface area contributed by atoms with Crippen molar-refractivity contribution in [2.75, 3.05) is 30.6 Å². The quantitative estimate of drug-likeness (QED) is 0.320. The second-order valence-electron chi connectivity index (χ2n) is 9.55. The van der Waals surface area contributed by atoms with Crippen molar-refractivity contribution in [1.82, 2.24) is 5.32 Å². The maximum absolute atomic E-state index is 14.1. The summed E-state index contributed by atoms with van der Waals surface area (Å²) < 4.78 is 53.4. The summed E-state index contributed by atoms with van der Waals surface area (Å²) in [6.45, 7) is 2.53. The van der Waals surface area contributed by atoms with Crippen LogP contribution in [0, 0.1) is 11.7 Å². The number of carbonyl (C=O) groups is 1.